The summed E-state index contributed by atoms with van der Waals surface area (Å²) in [6.45, 7) is 2.26. The van der Waals surface area contributed by atoms with Gasteiger partial charge in [0.1, 0.15) is 67.1 Å². The van der Waals surface area contributed by atoms with Gasteiger partial charge in [-0.1, -0.05) is 341 Å². The number of hydrogen-bond donors (Lipinski definition) is 14. The van der Waals surface area contributed by atoms with E-state index in [1.165, 1.54) is 276 Å². The van der Waals surface area contributed by atoms with Gasteiger partial charge in [-0.3, -0.25) is 9.59 Å². The average molecular weight is 1520 g/mol. The maximum Gasteiger partial charge on any atom is 0.364 e. The Morgan fingerprint density at radius 2 is 0.821 bits per heavy atom. The van der Waals surface area contributed by atoms with Gasteiger partial charge in [-0.2, -0.15) is 0 Å². The predicted molar refractivity (Wildman–Crippen MR) is 412 cm³/mol. The minimum atomic E-state index is -3.08. The molecule has 0 radical (unpaired) electrons. The van der Waals surface area contributed by atoms with Crippen molar-refractivity contribution < 1.29 is 104 Å². The van der Waals surface area contributed by atoms with E-state index in [4.69, 9.17) is 28.4 Å². The summed E-state index contributed by atoms with van der Waals surface area (Å²) in [6.07, 6.45) is 38.5. The minimum absolute atomic E-state index is 0.230. The Morgan fingerprint density at radius 1 is 0.453 bits per heavy atom. The number of unbranched alkanes of at least 4 members (excludes halogenated alkanes) is 50. The van der Waals surface area contributed by atoms with Crippen LogP contribution in [-0.2, 0) is 42.8 Å². The van der Waals surface area contributed by atoms with Crippen LogP contribution in [0.4, 0.5) is 0 Å². The summed E-state index contributed by atoms with van der Waals surface area (Å²) in [5.41, 5.74) is 0. The lowest BCUT2D eigenvalue weighted by Crippen LogP contribution is -2.70. The topological polar surface area (TPSA) is 373 Å². The van der Waals surface area contributed by atoms with Gasteiger partial charge >= 0.3 is 5.97 Å². The van der Waals surface area contributed by atoms with E-state index in [9.17, 15) is 75.7 Å². The quantitative estimate of drug-likeness (QED) is 0.0252. The Balaban J connectivity index is 1.40. The zero-order valence-corrected chi connectivity index (χ0v) is 66.6. The molecule has 23 nitrogen and oxygen atoms in total. The number of rotatable bonds is 70. The van der Waals surface area contributed by atoms with E-state index in [0.717, 1.165) is 51.9 Å². The molecule has 23 heteroatoms. The largest absolute Gasteiger partial charge is 0.477 e. The zero-order valence-electron chi connectivity index (χ0n) is 66.6. The summed E-state index contributed by atoms with van der Waals surface area (Å²) in [4.78, 5) is 38.7. The molecule has 3 saturated heterocycles. The van der Waals surface area contributed by atoms with Crippen molar-refractivity contribution in [1.29, 1.82) is 0 Å². The van der Waals surface area contributed by atoms with Crippen LogP contribution in [0.15, 0.2) is 0 Å². The number of amides is 2. The third-order valence-electron chi connectivity index (χ3n) is 22.3. The molecule has 106 heavy (non-hydrogen) atoms. The highest BCUT2D eigenvalue weighted by Gasteiger charge is 2.60. The maximum atomic E-state index is 13.6. The highest BCUT2D eigenvalue weighted by Crippen LogP contribution is 2.39. The molecule has 3 heterocycles. The van der Waals surface area contributed by atoms with E-state index < -0.39 is 148 Å². The third-order valence-corrected chi connectivity index (χ3v) is 22.3. The smallest absolute Gasteiger partial charge is 0.364 e. The van der Waals surface area contributed by atoms with Crippen LogP contribution >= 0.6 is 0 Å². The average Bonchev–Trinajstić information content (AvgIpc) is 0.754. The molecule has 2 amide bonds. The van der Waals surface area contributed by atoms with Gasteiger partial charge < -0.3 is 100 Å². The molecule has 0 saturated carbocycles. The number of aliphatic hydroxyl groups excluding tert-OH is 11. The van der Waals surface area contributed by atoms with Gasteiger partial charge in [0.2, 0.25) is 11.8 Å². The normalized spacial score (nSPS) is 26.0. The first-order valence-electron chi connectivity index (χ1n) is 43.4. The van der Waals surface area contributed by atoms with Crippen molar-refractivity contribution >= 4 is 17.8 Å². The molecule has 0 aromatic heterocycles. The lowest BCUT2D eigenvalue weighted by Gasteiger charge is -2.50. The molecule has 0 spiro atoms. The van der Waals surface area contributed by atoms with Crippen molar-refractivity contribution in [1.82, 2.24) is 10.6 Å². The zero-order chi connectivity index (χ0) is 77.4. The number of carbonyl (C=O) groups excluding carboxylic acids is 2. The fourth-order valence-corrected chi connectivity index (χ4v) is 15.5. The van der Waals surface area contributed by atoms with Crippen molar-refractivity contribution in [3.8, 4) is 0 Å². The lowest BCUT2D eigenvalue weighted by atomic mass is 9.88. The van der Waals surface area contributed by atoms with Crippen LogP contribution in [0.25, 0.3) is 0 Å². The van der Waals surface area contributed by atoms with E-state index in [2.05, 4.69) is 24.5 Å². The molecule has 0 bridgehead atoms. The number of ether oxygens (including phenoxy) is 6. The van der Waals surface area contributed by atoms with Gasteiger partial charge in [0.15, 0.2) is 12.6 Å². The number of carbonyl (C=O) groups is 3. The van der Waals surface area contributed by atoms with Crippen LogP contribution in [0.5, 0.6) is 0 Å². The summed E-state index contributed by atoms with van der Waals surface area (Å²) in [5, 5.41) is 137. The number of hydrogen-bond acceptors (Lipinski definition) is 20. The number of carboxylic acid groups (broad SMARTS) is 1. The van der Waals surface area contributed by atoms with Gasteiger partial charge in [0.05, 0.1) is 50.7 Å². The highest BCUT2D eigenvalue weighted by molar-refractivity contribution is 5.77. The van der Waals surface area contributed by atoms with Gasteiger partial charge in [0.25, 0.3) is 5.79 Å². The molecule has 3 rings (SSSR count). The molecule has 0 aromatic rings. The monoisotopic (exact) mass is 1520 g/mol. The van der Waals surface area contributed by atoms with Gasteiger partial charge in [-0.05, 0) is 12.8 Å². The summed E-state index contributed by atoms with van der Waals surface area (Å²) < 4.78 is 35.0. The first-order valence-corrected chi connectivity index (χ1v) is 43.4. The molecule has 18 unspecified atom stereocenters. The van der Waals surface area contributed by atoms with Crippen molar-refractivity contribution in [2.24, 2.45) is 0 Å². The molecule has 3 aliphatic heterocycles. The molecule has 3 fully saturated rings. The summed E-state index contributed by atoms with van der Waals surface area (Å²) in [5.74, 6) is -6.09. The SMILES string of the molecule is CCCCCCCCCCCCCCCCCCCCCCCCCCCCCCCCCCCCCCCC(=O)NC(COC1OC(CO)C(OC2OC(CO)C(O)C(OC3(C(=O)O)CC(O)C(NC(C)=O)C(C(O)C(O)CO)O3)C2O)C(O)C1O)C(O)CCCCCCCCCCCCCCCCC. The Hall–Kier alpha value is -2.27. The molecule has 0 aliphatic carbocycles. The Labute approximate surface area is 639 Å². The molecule has 0 aromatic carbocycles. The van der Waals surface area contributed by atoms with Crippen molar-refractivity contribution in [3.05, 3.63) is 0 Å². The molecular weight excluding hydrogens is 1360 g/mol. The second kappa shape index (κ2) is 62.2. The van der Waals surface area contributed by atoms with E-state index >= 15 is 0 Å². The van der Waals surface area contributed by atoms with Crippen LogP contribution in [0.3, 0.4) is 0 Å². The fraction of sp³-hybridized carbons (Fsp3) is 0.964. The Bertz CT molecular complexity index is 2110. The van der Waals surface area contributed by atoms with Gasteiger partial charge in [-0.15, -0.1) is 0 Å². The van der Waals surface area contributed by atoms with E-state index in [0.29, 0.717) is 19.3 Å². The van der Waals surface area contributed by atoms with Crippen molar-refractivity contribution in [2.75, 3.05) is 26.4 Å². The first-order chi connectivity index (χ1) is 51.4. The second-order valence-electron chi connectivity index (χ2n) is 31.8. The van der Waals surface area contributed by atoms with Crippen LogP contribution in [-0.4, -0.2) is 215 Å². The third kappa shape index (κ3) is 41.5. The minimum Gasteiger partial charge on any atom is -0.477 e. The Morgan fingerprint density at radius 3 is 1.18 bits per heavy atom. The maximum absolute atomic E-state index is 13.6. The van der Waals surface area contributed by atoms with E-state index in [-0.39, 0.29) is 18.9 Å². The highest BCUT2D eigenvalue weighted by atomic mass is 16.8. The fourth-order valence-electron chi connectivity index (χ4n) is 15.5. The summed E-state index contributed by atoms with van der Waals surface area (Å²) >= 11 is 0. The van der Waals surface area contributed by atoms with Crippen LogP contribution in [0, 0.1) is 0 Å². The molecule has 18 atom stereocenters. The lowest BCUT2D eigenvalue weighted by molar-refractivity contribution is -0.386. The number of carboxylic acids is 1. The van der Waals surface area contributed by atoms with Gasteiger partial charge in [0, 0.05) is 19.8 Å². The molecule has 3 aliphatic rings. The molecule has 626 valence electrons. The number of aliphatic hydroxyl groups is 11. The van der Waals surface area contributed by atoms with E-state index in [1.54, 1.807) is 0 Å². The van der Waals surface area contributed by atoms with Crippen molar-refractivity contribution in [2.45, 2.75) is 484 Å². The number of aliphatic carboxylic acids is 1. The second-order valence-corrected chi connectivity index (χ2v) is 31.8. The van der Waals surface area contributed by atoms with Crippen LogP contribution in [0.1, 0.15) is 374 Å². The van der Waals surface area contributed by atoms with Crippen LogP contribution in [0.2, 0.25) is 0 Å². The van der Waals surface area contributed by atoms with Crippen LogP contribution < -0.4 is 10.6 Å². The van der Waals surface area contributed by atoms with Gasteiger partial charge in [-0.25, -0.2) is 4.79 Å². The molecule has 14 N–H and O–H groups in total. The summed E-state index contributed by atoms with van der Waals surface area (Å²) in [7, 11) is 0. The van der Waals surface area contributed by atoms with Crippen molar-refractivity contribution in [3.63, 3.8) is 0 Å². The predicted octanol–water partition coefficient (Wildman–Crippen LogP) is 12.8. The molecular formula is C83H158N2O21. The Kier molecular flexibility index (Phi) is 57.5. The summed E-state index contributed by atoms with van der Waals surface area (Å²) in [6, 6.07) is -2.53. The van der Waals surface area contributed by atoms with E-state index in [1.807, 2.05) is 0 Å². The first kappa shape index (κ1) is 97.9. The standard InChI is InChI=1S/C83H158N2O21/c1-4-6-8-10-12-14-16-18-20-21-22-23-24-25-26-27-28-29-30-31-32-33-34-35-36-37-38-39-40-41-43-45-47-49-51-53-55-57-70(93)85-64(65(90)56-54-52-50-48-46-44-42-19-17-15-13-11-9-7-5-2)62-101-80-75(97)74(96)77(69(61-88)103-80)104-81-76(98)79(73(95)68(60-87)102-81)106-83(82(99)100)58-66(91)71(84-63(3)89)78(105-83)72(94)67(92)59-86/h64-69,71-81,86-88,90-92,94-98H,4-62H2,1-3H3,(H,84,89)(H,85,93)(H,99,100). The number of nitrogens with one attached hydrogen (secondary N) is 2.